The maximum atomic E-state index is 13.3. The molecule has 38 heavy (non-hydrogen) atoms. The van der Waals surface area contributed by atoms with Crippen LogP contribution in [0.3, 0.4) is 0 Å². The molecule has 1 aromatic carbocycles. The summed E-state index contributed by atoms with van der Waals surface area (Å²) in [7, 11) is 0. The monoisotopic (exact) mass is 524 g/mol. The third-order valence-corrected chi connectivity index (χ3v) is 9.72. The standard InChI is InChI=1S/C30H36O8/c1-16-11-22-28(35,25(16)34)14-20(15-31)12-21-24-27(4,5)30(24,38-18(3)32)26(17(2)29(21,22)36)37-23(33)13-19-9-7-6-8-10-19/h6-12,17,21-22,24,26,31,35-36H,13-15H2,1-5H3/t17-,21+,22-,24-,26-,28+,29-,30-/m1/s1. The van der Waals surface area contributed by atoms with E-state index < -0.39 is 76.3 Å². The number of aliphatic hydroxyl groups excluding tert-OH is 1. The zero-order valence-electron chi connectivity index (χ0n) is 22.4. The van der Waals surface area contributed by atoms with Crippen LogP contribution in [0.25, 0.3) is 0 Å². The van der Waals surface area contributed by atoms with E-state index in [4.69, 9.17) is 9.47 Å². The minimum absolute atomic E-state index is 0.00735. The Morgan fingerprint density at radius 3 is 2.37 bits per heavy atom. The van der Waals surface area contributed by atoms with Crippen molar-refractivity contribution in [3.63, 3.8) is 0 Å². The second-order valence-corrected chi connectivity index (χ2v) is 12.1. The van der Waals surface area contributed by atoms with Gasteiger partial charge in [-0.2, -0.15) is 0 Å². The number of benzene rings is 1. The van der Waals surface area contributed by atoms with Gasteiger partial charge in [0.05, 0.1) is 18.6 Å². The first kappa shape index (κ1) is 26.8. The van der Waals surface area contributed by atoms with Crippen LogP contribution in [0.4, 0.5) is 0 Å². The fourth-order valence-electron chi connectivity index (χ4n) is 8.01. The summed E-state index contributed by atoms with van der Waals surface area (Å²) in [6.07, 6.45) is 2.17. The summed E-state index contributed by atoms with van der Waals surface area (Å²) in [5.74, 6) is -4.60. The van der Waals surface area contributed by atoms with Crippen LogP contribution in [0, 0.1) is 29.1 Å². The van der Waals surface area contributed by atoms with E-state index in [1.54, 1.807) is 26.0 Å². The van der Waals surface area contributed by atoms with E-state index in [1.807, 2.05) is 44.2 Å². The van der Waals surface area contributed by atoms with Gasteiger partial charge in [0.1, 0.15) is 11.7 Å². The third kappa shape index (κ3) is 3.43. The smallest absolute Gasteiger partial charge is 0.310 e. The minimum atomic E-state index is -1.95. The first-order chi connectivity index (χ1) is 17.7. The molecule has 1 aromatic rings. The molecule has 0 bridgehead atoms. The number of carbonyl (C=O) groups is 3. The molecule has 0 aromatic heterocycles. The van der Waals surface area contributed by atoms with Gasteiger partial charge in [0.25, 0.3) is 0 Å². The molecule has 0 heterocycles. The van der Waals surface area contributed by atoms with Crippen molar-refractivity contribution in [2.24, 2.45) is 29.1 Å². The molecule has 0 radical (unpaired) electrons. The molecule has 0 spiro atoms. The Kier molecular flexibility index (Phi) is 6.06. The lowest BCUT2D eigenvalue weighted by molar-refractivity contribution is -0.228. The zero-order valence-corrected chi connectivity index (χ0v) is 22.4. The molecule has 2 fully saturated rings. The summed E-state index contributed by atoms with van der Waals surface area (Å²) < 4.78 is 12.1. The lowest BCUT2D eigenvalue weighted by Gasteiger charge is -2.53. The van der Waals surface area contributed by atoms with Gasteiger partial charge in [0.2, 0.25) is 0 Å². The Bertz CT molecular complexity index is 1250. The molecule has 0 unspecified atom stereocenters. The van der Waals surface area contributed by atoms with Crippen molar-refractivity contribution in [1.82, 2.24) is 0 Å². The second kappa shape index (κ2) is 8.60. The molecule has 8 atom stereocenters. The van der Waals surface area contributed by atoms with Gasteiger partial charge in [-0.15, -0.1) is 0 Å². The van der Waals surface area contributed by atoms with Crippen molar-refractivity contribution in [3.05, 3.63) is 59.2 Å². The average Bonchev–Trinajstić information content (AvgIpc) is 3.27. The number of rotatable bonds is 5. The number of Topliss-reactive ketones (excluding diaryl/α,β-unsaturated/α-hetero) is 1. The van der Waals surface area contributed by atoms with Gasteiger partial charge in [-0.05, 0) is 23.6 Å². The van der Waals surface area contributed by atoms with E-state index in [0.717, 1.165) is 5.56 Å². The molecular formula is C30H36O8. The van der Waals surface area contributed by atoms with Crippen molar-refractivity contribution < 1.29 is 39.2 Å². The van der Waals surface area contributed by atoms with Crippen molar-refractivity contribution >= 4 is 17.7 Å². The minimum Gasteiger partial charge on any atom is -0.457 e. The van der Waals surface area contributed by atoms with Crippen LogP contribution in [0.1, 0.15) is 46.6 Å². The van der Waals surface area contributed by atoms with Crippen molar-refractivity contribution in [2.45, 2.75) is 70.4 Å². The van der Waals surface area contributed by atoms with Gasteiger partial charge < -0.3 is 24.8 Å². The van der Waals surface area contributed by atoms with Gasteiger partial charge in [0.15, 0.2) is 11.4 Å². The highest BCUT2D eigenvalue weighted by Gasteiger charge is 2.87. The van der Waals surface area contributed by atoms with Gasteiger partial charge in [-0.25, -0.2) is 0 Å². The summed E-state index contributed by atoms with van der Waals surface area (Å²) in [5, 5.41) is 34.6. The summed E-state index contributed by atoms with van der Waals surface area (Å²) in [6, 6.07) is 9.11. The molecule has 2 saturated carbocycles. The lowest BCUT2D eigenvalue weighted by Crippen LogP contribution is -2.66. The summed E-state index contributed by atoms with van der Waals surface area (Å²) in [5.41, 5.74) is -4.12. The molecule has 204 valence electrons. The summed E-state index contributed by atoms with van der Waals surface area (Å²) in [6.45, 7) is 8.03. The molecule has 0 saturated heterocycles. The molecule has 8 nitrogen and oxygen atoms in total. The van der Waals surface area contributed by atoms with Crippen LogP contribution in [0.15, 0.2) is 53.6 Å². The average molecular weight is 525 g/mol. The Balaban J connectivity index is 1.64. The fraction of sp³-hybridized carbons (Fsp3) is 0.567. The SMILES string of the molecule is CC(=O)O[C@@]12[C@H](OC(=O)Cc3ccccc3)[C@@H](C)[C@@]3(O)[C@@H](C=C(CO)C[C@@]4(O)C(=O)C(C)=C[C@@H]34)[C@@H]1C2(C)C. The van der Waals surface area contributed by atoms with Crippen LogP contribution in [-0.4, -0.2) is 62.6 Å². The predicted octanol–water partition coefficient (Wildman–Crippen LogP) is 2.29. The van der Waals surface area contributed by atoms with Gasteiger partial charge in [-0.3, -0.25) is 14.4 Å². The topological polar surface area (TPSA) is 130 Å². The highest BCUT2D eigenvalue weighted by Crippen LogP contribution is 2.77. The number of fused-ring (bicyclic) bond motifs is 5. The summed E-state index contributed by atoms with van der Waals surface area (Å²) >= 11 is 0. The van der Waals surface area contributed by atoms with Crippen LogP contribution < -0.4 is 0 Å². The third-order valence-electron chi connectivity index (χ3n) is 9.72. The van der Waals surface area contributed by atoms with Crippen molar-refractivity contribution in [1.29, 1.82) is 0 Å². The van der Waals surface area contributed by atoms with E-state index in [0.29, 0.717) is 11.1 Å². The Morgan fingerprint density at radius 2 is 1.76 bits per heavy atom. The molecule has 4 aliphatic carbocycles. The van der Waals surface area contributed by atoms with Crippen LogP contribution >= 0.6 is 0 Å². The number of ether oxygens (including phenoxy) is 2. The fourth-order valence-corrected chi connectivity index (χ4v) is 8.01. The summed E-state index contributed by atoms with van der Waals surface area (Å²) in [4.78, 5) is 38.9. The highest BCUT2D eigenvalue weighted by molar-refractivity contribution is 6.04. The predicted molar refractivity (Wildman–Crippen MR) is 136 cm³/mol. The Labute approximate surface area is 222 Å². The van der Waals surface area contributed by atoms with Crippen molar-refractivity contribution in [2.75, 3.05) is 6.61 Å². The second-order valence-electron chi connectivity index (χ2n) is 12.1. The first-order valence-corrected chi connectivity index (χ1v) is 13.2. The number of hydrogen-bond donors (Lipinski definition) is 3. The first-order valence-electron chi connectivity index (χ1n) is 13.2. The molecule has 0 amide bonds. The largest absolute Gasteiger partial charge is 0.457 e. The molecule has 5 rings (SSSR count). The number of esters is 2. The maximum absolute atomic E-state index is 13.3. The quantitative estimate of drug-likeness (QED) is 0.395. The number of hydrogen-bond acceptors (Lipinski definition) is 8. The number of aliphatic hydroxyl groups is 3. The Hall–Kier alpha value is -2.81. The lowest BCUT2D eigenvalue weighted by atomic mass is 9.59. The normalized spacial score (nSPS) is 40.5. The van der Waals surface area contributed by atoms with Crippen molar-refractivity contribution in [3.8, 4) is 0 Å². The molecule has 4 aliphatic rings. The highest BCUT2D eigenvalue weighted by atomic mass is 16.6. The van der Waals surface area contributed by atoms with Crippen LogP contribution in [0.2, 0.25) is 0 Å². The van der Waals surface area contributed by atoms with E-state index in [1.165, 1.54) is 6.92 Å². The number of carbonyl (C=O) groups excluding carboxylic acids is 3. The zero-order chi connectivity index (χ0) is 27.8. The van der Waals surface area contributed by atoms with Crippen LogP contribution in [-0.2, 0) is 30.3 Å². The van der Waals surface area contributed by atoms with Gasteiger partial charge >= 0.3 is 11.9 Å². The molecular weight excluding hydrogens is 488 g/mol. The molecule has 3 N–H and O–H groups in total. The maximum Gasteiger partial charge on any atom is 0.310 e. The van der Waals surface area contributed by atoms with E-state index >= 15 is 0 Å². The molecule has 8 heteroatoms. The molecule has 0 aliphatic heterocycles. The van der Waals surface area contributed by atoms with Gasteiger partial charge in [0, 0.05) is 42.4 Å². The van der Waals surface area contributed by atoms with Crippen LogP contribution in [0.5, 0.6) is 0 Å². The van der Waals surface area contributed by atoms with Gasteiger partial charge in [-0.1, -0.05) is 63.3 Å². The van der Waals surface area contributed by atoms with E-state index in [9.17, 15) is 29.7 Å². The number of ketones is 1. The van der Waals surface area contributed by atoms with E-state index in [2.05, 4.69) is 0 Å². The Morgan fingerprint density at radius 1 is 1.11 bits per heavy atom. The van der Waals surface area contributed by atoms with E-state index in [-0.39, 0.29) is 12.8 Å².